The van der Waals surface area contributed by atoms with Crippen LogP contribution in [0.5, 0.6) is 0 Å². The Morgan fingerprint density at radius 2 is 1.96 bits per heavy atom. The molecule has 0 bridgehead atoms. The molecule has 0 radical (unpaired) electrons. The number of nitrogens with zero attached hydrogens (tertiary/aromatic N) is 1. The molecule has 2 N–H and O–H groups in total. The third kappa shape index (κ3) is 4.44. The molecule has 1 unspecified atom stereocenters. The average molecular weight is 368 g/mol. The van der Waals surface area contributed by atoms with Gasteiger partial charge in [-0.15, -0.1) is 0 Å². The number of hydrogen-bond acceptors (Lipinski definition) is 5. The molecule has 0 spiro atoms. The lowest BCUT2D eigenvalue weighted by molar-refractivity contribution is -0.137. The first-order valence-corrected chi connectivity index (χ1v) is 8.51. The quantitative estimate of drug-likeness (QED) is 0.662. The number of aliphatic carboxylic acids is 1. The van der Waals surface area contributed by atoms with Crippen LogP contribution in [0.25, 0.3) is 11.7 Å². The minimum atomic E-state index is -0.985. The molecule has 7 nitrogen and oxygen atoms in total. The molecule has 1 amide bonds. The van der Waals surface area contributed by atoms with Crippen LogP contribution in [0.2, 0.25) is 0 Å². The van der Waals surface area contributed by atoms with Gasteiger partial charge in [0, 0.05) is 0 Å². The second kappa shape index (κ2) is 7.90. The van der Waals surface area contributed by atoms with Crippen molar-refractivity contribution in [3.63, 3.8) is 0 Å². The lowest BCUT2D eigenvalue weighted by Crippen LogP contribution is -2.32. The molecule has 0 aliphatic heterocycles. The molecule has 7 heteroatoms. The van der Waals surface area contributed by atoms with Crippen LogP contribution in [-0.2, 0) is 16.0 Å². The number of carboxylic acids is 1. The predicted molar refractivity (Wildman–Crippen MR) is 97.0 cm³/mol. The molecule has 2 aromatic heterocycles. The van der Waals surface area contributed by atoms with Gasteiger partial charge in [-0.2, -0.15) is 0 Å². The lowest BCUT2D eigenvalue weighted by Gasteiger charge is -2.19. The molecule has 3 rings (SSSR count). The average Bonchev–Trinajstić information content (AvgIpc) is 3.25. The van der Waals surface area contributed by atoms with Crippen molar-refractivity contribution in [2.45, 2.75) is 32.7 Å². The van der Waals surface area contributed by atoms with Crippen LogP contribution in [0.3, 0.4) is 0 Å². The second-order valence-electron chi connectivity index (χ2n) is 6.25. The van der Waals surface area contributed by atoms with Crippen LogP contribution in [0, 0.1) is 13.8 Å². The van der Waals surface area contributed by atoms with Crippen LogP contribution in [0.4, 0.5) is 0 Å². The SMILES string of the molecule is Cc1ccccc1C(CC(=O)O)NC(=O)Cc1nc(-c2ccco2)oc1C. The smallest absolute Gasteiger partial charge is 0.305 e. The Morgan fingerprint density at radius 1 is 1.19 bits per heavy atom. The van der Waals surface area contributed by atoms with Gasteiger partial charge in [-0.3, -0.25) is 9.59 Å². The van der Waals surface area contributed by atoms with Gasteiger partial charge in [0.05, 0.1) is 30.8 Å². The Labute approximate surface area is 156 Å². The summed E-state index contributed by atoms with van der Waals surface area (Å²) in [4.78, 5) is 28.1. The van der Waals surface area contributed by atoms with Crippen LogP contribution >= 0.6 is 0 Å². The van der Waals surface area contributed by atoms with Gasteiger partial charge in [-0.25, -0.2) is 4.98 Å². The van der Waals surface area contributed by atoms with Crippen LogP contribution < -0.4 is 5.32 Å². The molecule has 0 saturated heterocycles. The zero-order valence-electron chi connectivity index (χ0n) is 15.1. The number of amides is 1. The Balaban J connectivity index is 1.75. The summed E-state index contributed by atoms with van der Waals surface area (Å²) < 4.78 is 10.8. The maximum Gasteiger partial charge on any atom is 0.305 e. The maximum atomic E-state index is 12.5. The molecule has 140 valence electrons. The normalized spacial score (nSPS) is 11.9. The van der Waals surface area contributed by atoms with E-state index in [0.717, 1.165) is 11.1 Å². The molecule has 0 fully saturated rings. The van der Waals surface area contributed by atoms with Gasteiger partial charge in [0.1, 0.15) is 5.76 Å². The summed E-state index contributed by atoms with van der Waals surface area (Å²) in [6, 6.07) is 10.2. The van der Waals surface area contributed by atoms with E-state index in [-0.39, 0.29) is 18.7 Å². The summed E-state index contributed by atoms with van der Waals surface area (Å²) in [7, 11) is 0. The zero-order chi connectivity index (χ0) is 19.4. The second-order valence-corrected chi connectivity index (χ2v) is 6.25. The molecule has 27 heavy (non-hydrogen) atoms. The maximum absolute atomic E-state index is 12.5. The van der Waals surface area contributed by atoms with Crippen molar-refractivity contribution in [3.05, 3.63) is 65.2 Å². The summed E-state index contributed by atoms with van der Waals surface area (Å²) in [5.74, 6) is -0.00916. The first kappa shape index (κ1) is 18.4. The molecular formula is C20H20N2O5. The van der Waals surface area contributed by atoms with E-state index in [4.69, 9.17) is 8.83 Å². The number of carbonyl (C=O) groups excluding carboxylic acids is 1. The van der Waals surface area contributed by atoms with Crippen molar-refractivity contribution in [1.29, 1.82) is 0 Å². The van der Waals surface area contributed by atoms with E-state index < -0.39 is 12.0 Å². The number of benzene rings is 1. The van der Waals surface area contributed by atoms with Gasteiger partial charge in [0.2, 0.25) is 5.91 Å². The van der Waals surface area contributed by atoms with Gasteiger partial charge in [0.25, 0.3) is 5.89 Å². The summed E-state index contributed by atoms with van der Waals surface area (Å²) in [5, 5.41) is 12.0. The van der Waals surface area contributed by atoms with Crippen molar-refractivity contribution in [1.82, 2.24) is 10.3 Å². The summed E-state index contributed by atoms with van der Waals surface area (Å²) >= 11 is 0. The molecule has 1 aromatic carbocycles. The Kier molecular flexibility index (Phi) is 5.40. The number of carboxylic acid groups (broad SMARTS) is 1. The minimum Gasteiger partial charge on any atom is -0.481 e. The fraction of sp³-hybridized carbons (Fsp3) is 0.250. The van der Waals surface area contributed by atoms with Gasteiger partial charge >= 0.3 is 5.97 Å². The fourth-order valence-electron chi connectivity index (χ4n) is 2.89. The zero-order valence-corrected chi connectivity index (χ0v) is 15.1. The molecule has 0 saturated carbocycles. The van der Waals surface area contributed by atoms with Crippen LogP contribution in [0.15, 0.2) is 51.5 Å². The van der Waals surface area contributed by atoms with E-state index in [1.54, 1.807) is 19.1 Å². The van der Waals surface area contributed by atoms with E-state index in [1.807, 2.05) is 31.2 Å². The Bertz CT molecular complexity index is 943. The van der Waals surface area contributed by atoms with Crippen LogP contribution in [0.1, 0.15) is 35.0 Å². The highest BCUT2D eigenvalue weighted by Crippen LogP contribution is 2.23. The van der Waals surface area contributed by atoms with Crippen molar-refractivity contribution in [3.8, 4) is 11.7 Å². The molecule has 1 atom stereocenters. The molecule has 2 heterocycles. The number of oxazole rings is 1. The van der Waals surface area contributed by atoms with Crippen molar-refractivity contribution >= 4 is 11.9 Å². The van der Waals surface area contributed by atoms with E-state index in [9.17, 15) is 14.7 Å². The van der Waals surface area contributed by atoms with Crippen LogP contribution in [-0.4, -0.2) is 22.0 Å². The van der Waals surface area contributed by atoms with Gasteiger partial charge in [-0.05, 0) is 37.1 Å². The van der Waals surface area contributed by atoms with E-state index >= 15 is 0 Å². The summed E-state index contributed by atoms with van der Waals surface area (Å²) in [6.07, 6.45) is 1.30. The third-order valence-electron chi connectivity index (χ3n) is 4.23. The predicted octanol–water partition coefficient (Wildman–Crippen LogP) is 3.43. The number of hydrogen-bond donors (Lipinski definition) is 2. The fourth-order valence-corrected chi connectivity index (χ4v) is 2.89. The Hall–Kier alpha value is -3.35. The van der Waals surface area contributed by atoms with Gasteiger partial charge in [-0.1, -0.05) is 24.3 Å². The minimum absolute atomic E-state index is 0.0158. The van der Waals surface area contributed by atoms with E-state index in [1.165, 1.54) is 6.26 Å². The van der Waals surface area contributed by atoms with Gasteiger partial charge < -0.3 is 19.3 Å². The first-order valence-electron chi connectivity index (χ1n) is 8.51. The number of nitrogens with one attached hydrogen (secondary N) is 1. The summed E-state index contributed by atoms with van der Waals surface area (Å²) in [5.41, 5.74) is 2.18. The van der Waals surface area contributed by atoms with E-state index in [2.05, 4.69) is 10.3 Å². The highest BCUT2D eigenvalue weighted by Gasteiger charge is 2.22. The summed E-state index contributed by atoms with van der Waals surface area (Å²) in [6.45, 7) is 3.60. The molecule has 3 aromatic rings. The lowest BCUT2D eigenvalue weighted by atomic mass is 9.98. The Morgan fingerprint density at radius 3 is 2.63 bits per heavy atom. The third-order valence-corrected chi connectivity index (χ3v) is 4.23. The van der Waals surface area contributed by atoms with E-state index in [0.29, 0.717) is 23.1 Å². The largest absolute Gasteiger partial charge is 0.481 e. The number of rotatable bonds is 7. The van der Waals surface area contributed by atoms with Crippen molar-refractivity contribution < 1.29 is 23.5 Å². The number of carbonyl (C=O) groups is 2. The van der Waals surface area contributed by atoms with Crippen molar-refractivity contribution in [2.75, 3.05) is 0 Å². The standard InChI is InChI=1S/C20H20N2O5/c1-12-6-3-4-7-14(12)16(11-19(24)25)21-18(23)10-15-13(2)27-20(22-15)17-8-5-9-26-17/h3-9,16H,10-11H2,1-2H3,(H,21,23)(H,24,25). The first-order chi connectivity index (χ1) is 12.9. The number of aromatic nitrogens is 1. The highest BCUT2D eigenvalue weighted by molar-refractivity contribution is 5.80. The number of furan rings is 1. The molecular weight excluding hydrogens is 348 g/mol. The van der Waals surface area contributed by atoms with Crippen molar-refractivity contribution in [2.24, 2.45) is 0 Å². The highest BCUT2D eigenvalue weighted by atomic mass is 16.4. The molecule has 0 aliphatic rings. The molecule has 0 aliphatic carbocycles. The topological polar surface area (TPSA) is 106 Å². The number of aryl methyl sites for hydroxylation is 2. The van der Waals surface area contributed by atoms with Gasteiger partial charge in [0.15, 0.2) is 5.76 Å². The monoisotopic (exact) mass is 368 g/mol.